The minimum Gasteiger partial charge on any atom is -0.311 e. The Morgan fingerprint density at radius 3 is 2.63 bits per heavy atom. The van der Waals surface area contributed by atoms with Crippen LogP contribution in [-0.2, 0) is 13.0 Å². The number of thiophene rings is 1. The van der Waals surface area contributed by atoms with Crippen molar-refractivity contribution < 1.29 is 0 Å². The molecule has 0 aliphatic carbocycles. The number of hydrogen-bond donors (Lipinski definition) is 1. The fraction of sp³-hybridized carbons (Fsp3) is 0.750. The predicted octanol–water partition coefficient (Wildman–Crippen LogP) is 3.66. The van der Waals surface area contributed by atoms with Gasteiger partial charge in [-0.3, -0.25) is 4.90 Å². The highest BCUT2D eigenvalue weighted by Gasteiger charge is 2.35. The average Bonchev–Trinajstić information content (AvgIpc) is 2.89. The Kier molecular flexibility index (Phi) is 5.04. The van der Waals surface area contributed by atoms with Gasteiger partial charge in [-0.05, 0) is 38.3 Å². The van der Waals surface area contributed by atoms with E-state index in [2.05, 4.69) is 50.0 Å². The predicted molar refractivity (Wildman–Crippen MR) is 84.9 cm³/mol. The van der Waals surface area contributed by atoms with E-state index in [1.807, 2.05) is 11.3 Å². The van der Waals surface area contributed by atoms with E-state index in [1.54, 1.807) is 0 Å². The zero-order valence-electron chi connectivity index (χ0n) is 12.8. The molecule has 2 atom stereocenters. The summed E-state index contributed by atoms with van der Waals surface area (Å²) in [6.45, 7) is 12.7. The van der Waals surface area contributed by atoms with Crippen LogP contribution < -0.4 is 5.32 Å². The first-order valence-corrected chi connectivity index (χ1v) is 8.49. The maximum absolute atomic E-state index is 3.70. The van der Waals surface area contributed by atoms with Crippen molar-refractivity contribution in [2.45, 2.75) is 65.1 Å². The lowest BCUT2D eigenvalue weighted by molar-refractivity contribution is 0.0417. The normalized spacial score (nSPS) is 28.7. The minimum atomic E-state index is 0.308. The second-order valence-electron chi connectivity index (χ2n) is 5.94. The lowest BCUT2D eigenvalue weighted by atomic mass is 9.91. The molecule has 3 heteroatoms. The van der Waals surface area contributed by atoms with Crippen LogP contribution in [0.1, 0.15) is 50.3 Å². The van der Waals surface area contributed by atoms with Crippen molar-refractivity contribution in [3.05, 3.63) is 21.9 Å². The molecule has 19 heavy (non-hydrogen) atoms. The Bertz CT molecular complexity index is 401. The molecular weight excluding hydrogens is 252 g/mol. The van der Waals surface area contributed by atoms with Gasteiger partial charge in [0.25, 0.3) is 0 Å². The summed E-state index contributed by atoms with van der Waals surface area (Å²) in [4.78, 5) is 5.73. The van der Waals surface area contributed by atoms with E-state index in [0.717, 1.165) is 19.5 Å². The zero-order chi connectivity index (χ0) is 13.9. The van der Waals surface area contributed by atoms with Crippen LogP contribution in [-0.4, -0.2) is 29.6 Å². The largest absolute Gasteiger partial charge is 0.311 e. The Hall–Kier alpha value is -0.380. The SMILES string of the molecule is CCc1ccc(CN2CC(CC)NCC2(C)CC)s1. The molecule has 2 nitrogen and oxygen atoms in total. The molecule has 1 aromatic heterocycles. The summed E-state index contributed by atoms with van der Waals surface area (Å²) >= 11 is 1.98. The van der Waals surface area contributed by atoms with E-state index in [0.29, 0.717) is 11.6 Å². The summed E-state index contributed by atoms with van der Waals surface area (Å²) in [5, 5.41) is 3.70. The molecule has 2 rings (SSSR count). The molecule has 2 unspecified atom stereocenters. The second-order valence-corrected chi connectivity index (χ2v) is 7.19. The number of rotatable bonds is 5. The maximum Gasteiger partial charge on any atom is 0.0334 e. The Morgan fingerprint density at radius 2 is 2.05 bits per heavy atom. The maximum atomic E-state index is 3.70. The lowest BCUT2D eigenvalue weighted by Crippen LogP contribution is -2.62. The number of aryl methyl sites for hydroxylation is 1. The van der Waals surface area contributed by atoms with Crippen LogP contribution in [0.15, 0.2) is 12.1 Å². The summed E-state index contributed by atoms with van der Waals surface area (Å²) in [5.41, 5.74) is 0.308. The second kappa shape index (κ2) is 6.38. The summed E-state index contributed by atoms with van der Waals surface area (Å²) in [5.74, 6) is 0. The van der Waals surface area contributed by atoms with Gasteiger partial charge in [-0.15, -0.1) is 11.3 Å². The van der Waals surface area contributed by atoms with Gasteiger partial charge in [0.05, 0.1) is 0 Å². The van der Waals surface area contributed by atoms with E-state index in [9.17, 15) is 0 Å². The average molecular weight is 280 g/mol. The standard InChI is InChI=1S/C16H28N2S/c1-5-13-10-18(16(4,7-3)12-17-13)11-15-9-8-14(6-2)19-15/h8-9,13,17H,5-7,10-12H2,1-4H3. The molecule has 0 aromatic carbocycles. The Labute approximate surface area is 122 Å². The van der Waals surface area contributed by atoms with E-state index in [-0.39, 0.29) is 0 Å². The van der Waals surface area contributed by atoms with E-state index in [4.69, 9.17) is 0 Å². The summed E-state index contributed by atoms with van der Waals surface area (Å²) in [7, 11) is 0. The Balaban J connectivity index is 2.09. The highest BCUT2D eigenvalue weighted by molar-refractivity contribution is 7.11. The van der Waals surface area contributed by atoms with Crippen molar-refractivity contribution in [3.8, 4) is 0 Å². The third-order valence-corrected chi connectivity index (χ3v) is 5.86. The molecule has 1 saturated heterocycles. The molecule has 0 spiro atoms. The highest BCUT2D eigenvalue weighted by atomic mass is 32.1. The Morgan fingerprint density at radius 1 is 1.32 bits per heavy atom. The summed E-state index contributed by atoms with van der Waals surface area (Å²) in [6, 6.07) is 5.27. The van der Waals surface area contributed by atoms with E-state index < -0.39 is 0 Å². The van der Waals surface area contributed by atoms with Gasteiger partial charge in [0.2, 0.25) is 0 Å². The van der Waals surface area contributed by atoms with Gasteiger partial charge in [-0.2, -0.15) is 0 Å². The van der Waals surface area contributed by atoms with Crippen molar-refractivity contribution in [2.75, 3.05) is 13.1 Å². The van der Waals surface area contributed by atoms with Gasteiger partial charge in [-0.1, -0.05) is 20.8 Å². The number of nitrogens with one attached hydrogen (secondary N) is 1. The minimum absolute atomic E-state index is 0.308. The van der Waals surface area contributed by atoms with Gasteiger partial charge in [-0.25, -0.2) is 0 Å². The van der Waals surface area contributed by atoms with Gasteiger partial charge < -0.3 is 5.32 Å². The summed E-state index contributed by atoms with van der Waals surface area (Å²) < 4.78 is 0. The molecule has 0 saturated carbocycles. The van der Waals surface area contributed by atoms with Crippen molar-refractivity contribution in [1.82, 2.24) is 10.2 Å². The first kappa shape index (κ1) is 15.0. The zero-order valence-corrected chi connectivity index (χ0v) is 13.6. The molecule has 1 fully saturated rings. The fourth-order valence-electron chi connectivity index (χ4n) is 2.79. The first-order chi connectivity index (χ1) is 9.11. The smallest absolute Gasteiger partial charge is 0.0334 e. The third-order valence-electron chi connectivity index (χ3n) is 4.64. The molecule has 1 N–H and O–H groups in total. The summed E-state index contributed by atoms with van der Waals surface area (Å²) in [6.07, 6.45) is 3.60. The molecule has 0 amide bonds. The van der Waals surface area contributed by atoms with Crippen LogP contribution in [0.2, 0.25) is 0 Å². The number of nitrogens with zero attached hydrogens (tertiary/aromatic N) is 1. The molecule has 0 bridgehead atoms. The van der Waals surface area contributed by atoms with Crippen molar-refractivity contribution >= 4 is 11.3 Å². The number of hydrogen-bond acceptors (Lipinski definition) is 3. The first-order valence-electron chi connectivity index (χ1n) is 7.67. The van der Waals surface area contributed by atoms with Crippen LogP contribution in [0.4, 0.5) is 0 Å². The third kappa shape index (κ3) is 3.39. The van der Waals surface area contributed by atoms with Crippen molar-refractivity contribution in [1.29, 1.82) is 0 Å². The molecule has 1 aromatic rings. The van der Waals surface area contributed by atoms with Crippen LogP contribution in [0.5, 0.6) is 0 Å². The fourth-order valence-corrected chi connectivity index (χ4v) is 3.76. The van der Waals surface area contributed by atoms with E-state index in [1.165, 1.54) is 29.1 Å². The molecular formula is C16H28N2S. The van der Waals surface area contributed by atoms with Gasteiger partial charge in [0.1, 0.15) is 0 Å². The van der Waals surface area contributed by atoms with Gasteiger partial charge >= 0.3 is 0 Å². The number of piperazine rings is 1. The lowest BCUT2D eigenvalue weighted by Gasteiger charge is -2.47. The molecule has 1 aliphatic heterocycles. The molecule has 2 heterocycles. The quantitative estimate of drug-likeness (QED) is 0.885. The van der Waals surface area contributed by atoms with Gasteiger partial charge in [0, 0.05) is 41.0 Å². The van der Waals surface area contributed by atoms with Crippen molar-refractivity contribution in [3.63, 3.8) is 0 Å². The highest BCUT2D eigenvalue weighted by Crippen LogP contribution is 2.28. The molecule has 108 valence electrons. The van der Waals surface area contributed by atoms with Crippen LogP contribution in [0, 0.1) is 0 Å². The molecule has 1 aliphatic rings. The monoisotopic (exact) mass is 280 g/mol. The van der Waals surface area contributed by atoms with Crippen LogP contribution in [0.25, 0.3) is 0 Å². The van der Waals surface area contributed by atoms with Crippen LogP contribution >= 0.6 is 11.3 Å². The van der Waals surface area contributed by atoms with E-state index >= 15 is 0 Å². The molecule has 0 radical (unpaired) electrons. The van der Waals surface area contributed by atoms with Crippen molar-refractivity contribution in [2.24, 2.45) is 0 Å². The van der Waals surface area contributed by atoms with Gasteiger partial charge in [0.15, 0.2) is 0 Å². The van der Waals surface area contributed by atoms with Crippen LogP contribution in [0.3, 0.4) is 0 Å². The topological polar surface area (TPSA) is 15.3 Å².